The van der Waals surface area contributed by atoms with Crippen LogP contribution in [0.3, 0.4) is 0 Å². The van der Waals surface area contributed by atoms with E-state index in [-0.39, 0.29) is 28.8 Å². The summed E-state index contributed by atoms with van der Waals surface area (Å²) < 4.78 is 45.7. The minimum absolute atomic E-state index is 0.0763. The van der Waals surface area contributed by atoms with Gasteiger partial charge in [0.2, 0.25) is 5.88 Å². The van der Waals surface area contributed by atoms with E-state index in [1.807, 2.05) is 0 Å². The number of halogens is 4. The van der Waals surface area contributed by atoms with Crippen molar-refractivity contribution in [2.75, 3.05) is 12.4 Å². The van der Waals surface area contributed by atoms with E-state index < -0.39 is 18.1 Å². The molecule has 3 aromatic heterocycles. The monoisotopic (exact) mass is 470 g/mol. The van der Waals surface area contributed by atoms with Gasteiger partial charge in [-0.2, -0.15) is 13.2 Å². The van der Waals surface area contributed by atoms with Crippen molar-refractivity contribution in [2.24, 2.45) is 0 Å². The van der Waals surface area contributed by atoms with Gasteiger partial charge in [-0.15, -0.1) is 10.2 Å². The fourth-order valence-electron chi connectivity index (χ4n) is 2.43. The second-order valence-corrected chi connectivity index (χ2v) is 6.77. The maximum atomic E-state index is 13.1. The Hall–Kier alpha value is -3.02. The predicted octanol–water partition coefficient (Wildman–Crippen LogP) is 3.88. The quantitative estimate of drug-likeness (QED) is 0.607. The van der Waals surface area contributed by atoms with Crippen LogP contribution in [0.5, 0.6) is 5.88 Å². The third-order valence-corrected chi connectivity index (χ3v) is 4.37. The number of nitrogens with zero attached hydrogens (tertiary/aromatic N) is 5. The molecule has 3 heterocycles. The Balaban J connectivity index is 1.90. The summed E-state index contributed by atoms with van der Waals surface area (Å²) in [5.41, 5.74) is 0.277. The molecule has 1 N–H and O–H groups in total. The van der Waals surface area contributed by atoms with Gasteiger partial charge in [0.15, 0.2) is 5.82 Å². The van der Waals surface area contributed by atoms with Gasteiger partial charge in [0.05, 0.1) is 7.11 Å². The lowest BCUT2D eigenvalue weighted by molar-refractivity contribution is -0.162. The fourth-order valence-corrected chi connectivity index (χ4v) is 2.76. The van der Waals surface area contributed by atoms with Gasteiger partial charge in [-0.05, 0) is 41.1 Å². The van der Waals surface area contributed by atoms with Crippen LogP contribution < -0.4 is 10.1 Å². The Morgan fingerprint density at radius 1 is 1.34 bits per heavy atom. The molecule has 0 aliphatic carbocycles. The van der Waals surface area contributed by atoms with E-state index in [4.69, 9.17) is 4.74 Å². The smallest absolute Gasteiger partial charge is 0.408 e. The highest BCUT2D eigenvalue weighted by Crippen LogP contribution is 2.32. The second kappa shape index (κ2) is 8.15. The molecule has 0 fully saturated rings. The highest BCUT2D eigenvalue weighted by Gasteiger charge is 2.38. The summed E-state index contributed by atoms with van der Waals surface area (Å²) in [6.45, 7) is 0.991. The van der Waals surface area contributed by atoms with Crippen molar-refractivity contribution in [3.8, 4) is 17.4 Å². The molecular formula is C17H14BrF3N6O2. The summed E-state index contributed by atoms with van der Waals surface area (Å²) in [5.74, 6) is -0.401. The molecule has 0 saturated carbocycles. The molecule has 3 rings (SSSR count). The van der Waals surface area contributed by atoms with Crippen LogP contribution in [0, 0.1) is 0 Å². The molecule has 1 amide bonds. The first-order valence-electron chi connectivity index (χ1n) is 8.15. The van der Waals surface area contributed by atoms with Crippen molar-refractivity contribution in [3.63, 3.8) is 0 Å². The number of alkyl halides is 3. The second-order valence-electron chi connectivity index (χ2n) is 5.85. The molecule has 3 aromatic rings. The lowest BCUT2D eigenvalue weighted by atomic mass is 10.2. The number of anilines is 1. The number of hydrogen-bond donors (Lipinski definition) is 1. The minimum atomic E-state index is -4.48. The lowest BCUT2D eigenvalue weighted by Gasteiger charge is -2.18. The average Bonchev–Trinajstić information content (AvgIpc) is 3.16. The zero-order valence-corrected chi connectivity index (χ0v) is 16.7. The average molecular weight is 471 g/mol. The van der Waals surface area contributed by atoms with E-state index in [1.165, 1.54) is 37.6 Å². The molecule has 0 bridgehead atoms. The molecule has 0 saturated heterocycles. The van der Waals surface area contributed by atoms with E-state index in [2.05, 4.69) is 41.4 Å². The summed E-state index contributed by atoms with van der Waals surface area (Å²) in [5, 5.41) is 9.87. The number of carbonyl (C=O) groups is 1. The molecule has 152 valence electrons. The van der Waals surface area contributed by atoms with Crippen molar-refractivity contribution < 1.29 is 22.7 Å². The number of carbonyl (C=O) groups excluding carboxylic acids is 1. The zero-order chi connectivity index (χ0) is 21.2. The molecule has 0 aromatic carbocycles. The summed E-state index contributed by atoms with van der Waals surface area (Å²) in [6, 6.07) is 4.18. The molecule has 0 aliphatic heterocycles. The highest BCUT2D eigenvalue weighted by molar-refractivity contribution is 9.10. The van der Waals surface area contributed by atoms with Gasteiger partial charge >= 0.3 is 6.18 Å². The Labute approximate surface area is 171 Å². The Kier molecular flexibility index (Phi) is 5.82. The Bertz CT molecular complexity index is 1040. The third-order valence-electron chi connectivity index (χ3n) is 3.94. The number of hydrogen-bond acceptors (Lipinski definition) is 6. The van der Waals surface area contributed by atoms with E-state index in [1.54, 1.807) is 0 Å². The van der Waals surface area contributed by atoms with Crippen LogP contribution in [0.25, 0.3) is 11.5 Å². The lowest BCUT2D eigenvalue weighted by Crippen LogP contribution is -2.24. The topological polar surface area (TPSA) is 94.8 Å². The zero-order valence-electron chi connectivity index (χ0n) is 15.1. The Morgan fingerprint density at radius 3 is 2.79 bits per heavy atom. The summed E-state index contributed by atoms with van der Waals surface area (Å²) in [4.78, 5) is 20.8. The largest absolute Gasteiger partial charge is 0.480 e. The van der Waals surface area contributed by atoms with Crippen LogP contribution in [0.1, 0.15) is 23.3 Å². The SMILES string of the molecule is COc1ncc(Br)cc1C(=O)Nc1cccc(-c2nncn2[C@H](C)C(F)(F)F)n1. The van der Waals surface area contributed by atoms with E-state index in [9.17, 15) is 18.0 Å². The third kappa shape index (κ3) is 4.53. The van der Waals surface area contributed by atoms with E-state index in [0.29, 0.717) is 4.47 Å². The minimum Gasteiger partial charge on any atom is -0.480 e. The molecule has 8 nitrogen and oxygen atoms in total. The molecule has 29 heavy (non-hydrogen) atoms. The Morgan fingerprint density at radius 2 is 2.10 bits per heavy atom. The van der Waals surface area contributed by atoms with Crippen LogP contribution >= 0.6 is 15.9 Å². The first-order valence-corrected chi connectivity index (χ1v) is 8.94. The molecular weight excluding hydrogens is 457 g/mol. The van der Waals surface area contributed by atoms with Gasteiger partial charge in [-0.25, -0.2) is 9.97 Å². The highest BCUT2D eigenvalue weighted by atomic mass is 79.9. The van der Waals surface area contributed by atoms with Gasteiger partial charge in [0, 0.05) is 10.7 Å². The number of methoxy groups -OCH3 is 1. The predicted molar refractivity (Wildman–Crippen MR) is 100 cm³/mol. The van der Waals surface area contributed by atoms with Crippen LogP contribution in [0.4, 0.5) is 19.0 Å². The number of nitrogens with one attached hydrogen (secondary N) is 1. The fraction of sp³-hybridized carbons (Fsp3) is 0.235. The molecule has 0 unspecified atom stereocenters. The van der Waals surface area contributed by atoms with Gasteiger partial charge in [-0.3, -0.25) is 4.79 Å². The van der Waals surface area contributed by atoms with E-state index in [0.717, 1.165) is 17.8 Å². The summed E-state index contributed by atoms with van der Waals surface area (Å²) in [6.07, 6.45) is -2.02. The number of aromatic nitrogens is 5. The summed E-state index contributed by atoms with van der Waals surface area (Å²) in [7, 11) is 1.38. The maximum absolute atomic E-state index is 13.1. The molecule has 12 heteroatoms. The van der Waals surface area contributed by atoms with Crippen molar-refractivity contribution in [3.05, 3.63) is 46.8 Å². The van der Waals surface area contributed by atoms with E-state index >= 15 is 0 Å². The molecule has 0 radical (unpaired) electrons. The first-order chi connectivity index (χ1) is 13.7. The van der Waals surface area contributed by atoms with Gasteiger partial charge < -0.3 is 14.6 Å². The number of amides is 1. The van der Waals surface area contributed by atoms with Crippen molar-refractivity contribution >= 4 is 27.7 Å². The van der Waals surface area contributed by atoms with Crippen LogP contribution in [-0.4, -0.2) is 43.9 Å². The van der Waals surface area contributed by atoms with Crippen molar-refractivity contribution in [2.45, 2.75) is 19.1 Å². The van der Waals surface area contributed by atoms with Crippen molar-refractivity contribution in [1.82, 2.24) is 24.7 Å². The number of ether oxygens (including phenoxy) is 1. The molecule has 0 aliphatic rings. The number of pyridine rings is 2. The van der Waals surface area contributed by atoms with Gasteiger partial charge in [0.1, 0.15) is 29.4 Å². The van der Waals surface area contributed by atoms with Gasteiger partial charge in [-0.1, -0.05) is 6.07 Å². The van der Waals surface area contributed by atoms with Gasteiger partial charge in [0.25, 0.3) is 5.91 Å². The standard InChI is InChI=1S/C17H14BrF3N6O2/c1-9(17(19,20)21)27-8-23-26-14(27)12-4-3-5-13(24-12)25-15(28)11-6-10(18)7-22-16(11)29-2/h3-9H,1-2H3,(H,24,25,28)/t9-/m1/s1. The van der Waals surface area contributed by atoms with Crippen LogP contribution in [0.2, 0.25) is 0 Å². The number of rotatable bonds is 5. The molecule has 0 spiro atoms. The maximum Gasteiger partial charge on any atom is 0.408 e. The van der Waals surface area contributed by atoms with Crippen molar-refractivity contribution in [1.29, 1.82) is 0 Å². The first kappa shape index (κ1) is 20.7. The van der Waals surface area contributed by atoms with Crippen LogP contribution in [0.15, 0.2) is 41.3 Å². The normalized spacial score (nSPS) is 12.5. The van der Waals surface area contributed by atoms with Crippen LogP contribution in [-0.2, 0) is 0 Å². The summed E-state index contributed by atoms with van der Waals surface area (Å²) >= 11 is 3.23. The molecule has 1 atom stereocenters.